The molecule has 1 amide bonds. The number of aromatic nitrogens is 3. The van der Waals surface area contributed by atoms with E-state index in [1.165, 1.54) is 0 Å². The van der Waals surface area contributed by atoms with Crippen LogP contribution in [0, 0.1) is 0 Å². The summed E-state index contributed by atoms with van der Waals surface area (Å²) in [4.78, 5) is 14.3. The molecule has 128 valence electrons. The van der Waals surface area contributed by atoms with E-state index in [0.29, 0.717) is 12.6 Å². The Morgan fingerprint density at radius 3 is 2.79 bits per heavy atom. The van der Waals surface area contributed by atoms with Gasteiger partial charge in [0, 0.05) is 30.6 Å². The number of likely N-dealkylation sites (N-methyl/N-ethyl adjacent to an activating group) is 1. The van der Waals surface area contributed by atoms with Crippen LogP contribution in [0.1, 0.15) is 26.1 Å². The van der Waals surface area contributed by atoms with E-state index in [-0.39, 0.29) is 11.9 Å². The van der Waals surface area contributed by atoms with Gasteiger partial charge >= 0.3 is 0 Å². The van der Waals surface area contributed by atoms with Crippen LogP contribution in [0.15, 0.2) is 30.3 Å². The van der Waals surface area contributed by atoms with Gasteiger partial charge in [-0.05, 0) is 27.3 Å². The molecule has 2 heterocycles. The van der Waals surface area contributed by atoms with Gasteiger partial charge in [-0.3, -0.25) is 9.69 Å². The molecule has 0 radical (unpaired) electrons. The maximum atomic E-state index is 12.2. The summed E-state index contributed by atoms with van der Waals surface area (Å²) in [6.45, 7) is 5.32. The van der Waals surface area contributed by atoms with Crippen molar-refractivity contribution in [3.63, 3.8) is 0 Å². The molecule has 1 aliphatic rings. The van der Waals surface area contributed by atoms with Gasteiger partial charge in [-0.15, -0.1) is 10.2 Å². The highest BCUT2D eigenvalue weighted by molar-refractivity contribution is 5.78. The van der Waals surface area contributed by atoms with Crippen molar-refractivity contribution in [2.24, 2.45) is 0 Å². The van der Waals surface area contributed by atoms with E-state index in [2.05, 4.69) is 33.9 Å². The lowest BCUT2D eigenvalue weighted by molar-refractivity contribution is -0.123. The minimum atomic E-state index is 0.0778. The zero-order valence-electron chi connectivity index (χ0n) is 14.6. The highest BCUT2D eigenvalue weighted by Gasteiger charge is 2.24. The van der Waals surface area contributed by atoms with Crippen molar-refractivity contribution in [2.45, 2.75) is 45.3 Å². The number of benzene rings is 1. The Morgan fingerprint density at radius 2 is 2.08 bits per heavy atom. The van der Waals surface area contributed by atoms with Gasteiger partial charge in [-0.25, -0.2) is 0 Å². The number of nitrogens with zero attached hydrogens (tertiary/aromatic N) is 4. The summed E-state index contributed by atoms with van der Waals surface area (Å²) in [6.07, 6.45) is 1.74. The Morgan fingerprint density at radius 1 is 1.33 bits per heavy atom. The molecular weight excluding hydrogens is 302 g/mol. The molecule has 0 spiro atoms. The standard InChI is InChI=1S/C18H25N5O/c1-13(2)22(3)12-17(24)19-15-9-10-16-20-21-18(23(16)11-15)14-7-5-4-6-8-14/h4-8,13,15H,9-12H2,1-3H3,(H,19,24)/t15-/m1/s1. The summed E-state index contributed by atoms with van der Waals surface area (Å²) in [6, 6.07) is 10.6. The minimum absolute atomic E-state index is 0.0778. The molecule has 0 saturated heterocycles. The predicted octanol–water partition coefficient (Wildman–Crippen LogP) is 1.72. The number of aryl methyl sites for hydroxylation is 1. The predicted molar refractivity (Wildman–Crippen MR) is 93.5 cm³/mol. The molecule has 1 atom stereocenters. The third-order valence-electron chi connectivity index (χ3n) is 4.62. The average Bonchev–Trinajstić information content (AvgIpc) is 2.98. The molecular formula is C18H25N5O. The van der Waals surface area contributed by atoms with Crippen molar-refractivity contribution in [3.8, 4) is 11.4 Å². The van der Waals surface area contributed by atoms with Crippen LogP contribution in [-0.2, 0) is 17.8 Å². The van der Waals surface area contributed by atoms with Gasteiger partial charge in [-0.2, -0.15) is 0 Å². The fraction of sp³-hybridized carbons (Fsp3) is 0.500. The molecule has 3 rings (SSSR count). The van der Waals surface area contributed by atoms with Crippen LogP contribution in [0.5, 0.6) is 0 Å². The summed E-state index contributed by atoms with van der Waals surface area (Å²) in [5.41, 5.74) is 1.06. The number of fused-ring (bicyclic) bond motifs is 1. The zero-order valence-corrected chi connectivity index (χ0v) is 14.6. The maximum Gasteiger partial charge on any atom is 0.234 e. The Kier molecular flexibility index (Phi) is 4.94. The lowest BCUT2D eigenvalue weighted by Crippen LogP contribution is -2.46. The number of hydrogen-bond acceptors (Lipinski definition) is 4. The van der Waals surface area contributed by atoms with E-state index in [1.807, 2.05) is 42.3 Å². The summed E-state index contributed by atoms with van der Waals surface area (Å²) < 4.78 is 2.13. The molecule has 0 saturated carbocycles. The molecule has 6 heteroatoms. The van der Waals surface area contributed by atoms with Crippen molar-refractivity contribution in [1.29, 1.82) is 0 Å². The largest absolute Gasteiger partial charge is 0.350 e. The van der Waals surface area contributed by atoms with Crippen LogP contribution >= 0.6 is 0 Å². The second-order valence-electron chi connectivity index (χ2n) is 6.73. The van der Waals surface area contributed by atoms with Crippen molar-refractivity contribution in [3.05, 3.63) is 36.2 Å². The summed E-state index contributed by atoms with van der Waals surface area (Å²) in [5, 5.41) is 11.8. The normalized spacial score (nSPS) is 17.1. The molecule has 1 N–H and O–H groups in total. The number of hydrogen-bond donors (Lipinski definition) is 1. The van der Waals surface area contributed by atoms with E-state index in [9.17, 15) is 4.79 Å². The van der Waals surface area contributed by atoms with Gasteiger partial charge in [0.2, 0.25) is 5.91 Å². The van der Waals surface area contributed by atoms with Gasteiger partial charge in [0.25, 0.3) is 0 Å². The van der Waals surface area contributed by atoms with Gasteiger partial charge in [0.1, 0.15) is 5.82 Å². The quantitative estimate of drug-likeness (QED) is 0.908. The number of carbonyl (C=O) groups is 1. The number of carbonyl (C=O) groups excluding carboxylic acids is 1. The fourth-order valence-electron chi connectivity index (χ4n) is 2.93. The van der Waals surface area contributed by atoms with Crippen molar-refractivity contribution >= 4 is 5.91 Å². The van der Waals surface area contributed by atoms with Crippen LogP contribution in [-0.4, -0.2) is 51.2 Å². The van der Waals surface area contributed by atoms with Gasteiger partial charge in [-0.1, -0.05) is 30.3 Å². The third-order valence-corrected chi connectivity index (χ3v) is 4.62. The first-order valence-electron chi connectivity index (χ1n) is 8.51. The minimum Gasteiger partial charge on any atom is -0.350 e. The Labute approximate surface area is 142 Å². The molecule has 0 unspecified atom stereocenters. The first-order valence-corrected chi connectivity index (χ1v) is 8.51. The number of nitrogens with one attached hydrogen (secondary N) is 1. The second kappa shape index (κ2) is 7.13. The molecule has 1 aromatic carbocycles. The van der Waals surface area contributed by atoms with E-state index in [1.54, 1.807) is 0 Å². The first-order chi connectivity index (χ1) is 11.5. The number of rotatable bonds is 5. The topological polar surface area (TPSA) is 63.1 Å². The van der Waals surface area contributed by atoms with E-state index in [0.717, 1.165) is 36.6 Å². The van der Waals surface area contributed by atoms with Crippen molar-refractivity contribution < 1.29 is 4.79 Å². The van der Waals surface area contributed by atoms with E-state index < -0.39 is 0 Å². The third kappa shape index (κ3) is 3.64. The molecule has 2 aromatic rings. The van der Waals surface area contributed by atoms with Gasteiger partial charge in [0.15, 0.2) is 5.82 Å². The molecule has 0 aliphatic carbocycles. The lowest BCUT2D eigenvalue weighted by atomic mass is 10.1. The Bertz CT molecular complexity index is 695. The molecule has 6 nitrogen and oxygen atoms in total. The summed E-state index contributed by atoms with van der Waals surface area (Å²) in [7, 11) is 1.97. The van der Waals surface area contributed by atoms with Crippen molar-refractivity contribution in [2.75, 3.05) is 13.6 Å². The second-order valence-corrected chi connectivity index (χ2v) is 6.73. The van der Waals surface area contributed by atoms with Crippen LogP contribution in [0.25, 0.3) is 11.4 Å². The lowest BCUT2D eigenvalue weighted by Gasteiger charge is -2.27. The van der Waals surface area contributed by atoms with Gasteiger partial charge < -0.3 is 9.88 Å². The molecule has 1 aliphatic heterocycles. The summed E-state index contributed by atoms with van der Waals surface area (Å²) >= 11 is 0. The highest BCUT2D eigenvalue weighted by Crippen LogP contribution is 2.22. The van der Waals surface area contributed by atoms with Crippen LogP contribution in [0.4, 0.5) is 0 Å². The monoisotopic (exact) mass is 327 g/mol. The van der Waals surface area contributed by atoms with E-state index >= 15 is 0 Å². The van der Waals surface area contributed by atoms with Crippen LogP contribution in [0.2, 0.25) is 0 Å². The van der Waals surface area contributed by atoms with Crippen LogP contribution in [0.3, 0.4) is 0 Å². The highest BCUT2D eigenvalue weighted by atomic mass is 16.2. The maximum absolute atomic E-state index is 12.2. The SMILES string of the molecule is CC(C)N(C)CC(=O)N[C@@H]1CCc2nnc(-c3ccccc3)n2C1. The average molecular weight is 327 g/mol. The fourth-order valence-corrected chi connectivity index (χ4v) is 2.93. The van der Waals surface area contributed by atoms with E-state index in [4.69, 9.17) is 0 Å². The Balaban J connectivity index is 1.68. The zero-order chi connectivity index (χ0) is 17.1. The number of amides is 1. The van der Waals surface area contributed by atoms with Crippen LogP contribution < -0.4 is 5.32 Å². The molecule has 0 fully saturated rings. The van der Waals surface area contributed by atoms with Crippen molar-refractivity contribution in [1.82, 2.24) is 25.0 Å². The molecule has 24 heavy (non-hydrogen) atoms. The molecule has 1 aromatic heterocycles. The first kappa shape index (κ1) is 16.6. The molecule has 0 bridgehead atoms. The summed E-state index contributed by atoms with van der Waals surface area (Å²) in [5.74, 6) is 1.96. The smallest absolute Gasteiger partial charge is 0.234 e. The Hall–Kier alpha value is -2.21. The van der Waals surface area contributed by atoms with Gasteiger partial charge in [0.05, 0.1) is 6.54 Å².